The lowest BCUT2D eigenvalue weighted by Gasteiger charge is -2.22. The second-order valence-corrected chi connectivity index (χ2v) is 6.87. The van der Waals surface area contributed by atoms with Crippen molar-refractivity contribution in [3.05, 3.63) is 40.6 Å². The molecule has 26 heavy (non-hydrogen) atoms. The first-order valence-electron chi connectivity index (χ1n) is 8.44. The largest absolute Gasteiger partial charge is 0.486 e. The lowest BCUT2D eigenvalue weighted by molar-refractivity contribution is -0.121. The molecule has 136 valence electrons. The minimum absolute atomic E-state index is 0.0595. The van der Waals surface area contributed by atoms with Crippen molar-refractivity contribution in [1.29, 1.82) is 0 Å². The fraction of sp³-hybridized carbons (Fsp3) is 0.333. The molecule has 1 fully saturated rings. The van der Waals surface area contributed by atoms with Gasteiger partial charge in [0.1, 0.15) is 19.8 Å². The van der Waals surface area contributed by atoms with Gasteiger partial charge in [-0.15, -0.1) is 0 Å². The van der Waals surface area contributed by atoms with E-state index >= 15 is 0 Å². The van der Waals surface area contributed by atoms with Gasteiger partial charge in [-0.1, -0.05) is 0 Å². The van der Waals surface area contributed by atoms with E-state index in [-0.39, 0.29) is 18.5 Å². The molecule has 0 radical (unpaired) electrons. The van der Waals surface area contributed by atoms with Crippen LogP contribution in [0.15, 0.2) is 35.0 Å². The lowest BCUT2D eigenvalue weighted by atomic mass is 10.2. The maximum atomic E-state index is 12.6. The first kappa shape index (κ1) is 16.7. The van der Waals surface area contributed by atoms with Gasteiger partial charge in [0.15, 0.2) is 11.5 Å². The van der Waals surface area contributed by atoms with Crippen molar-refractivity contribution < 1.29 is 19.1 Å². The Morgan fingerprint density at radius 1 is 1.15 bits per heavy atom. The van der Waals surface area contributed by atoms with Crippen molar-refractivity contribution in [3.63, 3.8) is 0 Å². The van der Waals surface area contributed by atoms with Crippen LogP contribution >= 0.6 is 11.3 Å². The van der Waals surface area contributed by atoms with E-state index in [0.29, 0.717) is 44.3 Å². The van der Waals surface area contributed by atoms with Crippen molar-refractivity contribution in [2.24, 2.45) is 0 Å². The summed E-state index contributed by atoms with van der Waals surface area (Å²) in [5, 5.41) is 6.81. The van der Waals surface area contributed by atoms with Crippen LogP contribution in [0.25, 0.3) is 0 Å². The summed E-state index contributed by atoms with van der Waals surface area (Å²) in [4.78, 5) is 28.0. The summed E-state index contributed by atoms with van der Waals surface area (Å²) in [7, 11) is 0. The third-order valence-corrected chi connectivity index (χ3v) is 5.07. The highest BCUT2D eigenvalue weighted by Crippen LogP contribution is 2.34. The van der Waals surface area contributed by atoms with Crippen molar-refractivity contribution in [2.75, 3.05) is 37.7 Å². The van der Waals surface area contributed by atoms with E-state index in [4.69, 9.17) is 9.47 Å². The number of rotatable bonds is 5. The molecule has 3 amide bonds. The van der Waals surface area contributed by atoms with Gasteiger partial charge in [-0.25, -0.2) is 4.79 Å². The topological polar surface area (TPSA) is 71.1 Å². The van der Waals surface area contributed by atoms with Gasteiger partial charge in [0, 0.05) is 31.4 Å². The minimum atomic E-state index is -0.174. The van der Waals surface area contributed by atoms with Crippen LogP contribution in [0.3, 0.4) is 0 Å². The van der Waals surface area contributed by atoms with E-state index in [1.54, 1.807) is 21.1 Å². The van der Waals surface area contributed by atoms with Crippen LogP contribution in [0.2, 0.25) is 0 Å². The maximum Gasteiger partial charge on any atom is 0.325 e. The molecule has 0 aliphatic carbocycles. The normalized spacial score (nSPS) is 16.1. The quantitative estimate of drug-likeness (QED) is 0.871. The predicted molar refractivity (Wildman–Crippen MR) is 97.9 cm³/mol. The van der Waals surface area contributed by atoms with E-state index < -0.39 is 0 Å². The molecule has 2 aliphatic heterocycles. The Morgan fingerprint density at radius 3 is 2.81 bits per heavy atom. The number of anilines is 1. The number of carbonyl (C=O) groups is 2. The smallest absolute Gasteiger partial charge is 0.325 e. The first-order chi connectivity index (χ1) is 12.7. The Hall–Kier alpha value is -2.74. The Kier molecular flexibility index (Phi) is 4.66. The summed E-state index contributed by atoms with van der Waals surface area (Å²) >= 11 is 1.59. The molecule has 1 saturated heterocycles. The van der Waals surface area contributed by atoms with Gasteiger partial charge < -0.3 is 19.7 Å². The third-order valence-electron chi connectivity index (χ3n) is 4.34. The van der Waals surface area contributed by atoms with Crippen LogP contribution in [0.5, 0.6) is 11.5 Å². The van der Waals surface area contributed by atoms with Crippen LogP contribution in [0.1, 0.15) is 5.56 Å². The highest BCUT2D eigenvalue weighted by atomic mass is 32.1. The number of hydrogen-bond donors (Lipinski definition) is 1. The monoisotopic (exact) mass is 373 g/mol. The van der Waals surface area contributed by atoms with Gasteiger partial charge in [-0.2, -0.15) is 11.3 Å². The second kappa shape index (κ2) is 7.25. The Morgan fingerprint density at radius 2 is 2.00 bits per heavy atom. The number of amides is 3. The summed E-state index contributed by atoms with van der Waals surface area (Å²) < 4.78 is 11.1. The average Bonchev–Trinajstić information content (AvgIpc) is 3.30. The Balaban J connectivity index is 1.36. The Labute approximate surface area is 155 Å². The third kappa shape index (κ3) is 3.45. The number of nitrogens with zero attached hydrogens (tertiary/aromatic N) is 2. The highest BCUT2D eigenvalue weighted by Gasteiger charge is 2.31. The maximum absolute atomic E-state index is 12.6. The summed E-state index contributed by atoms with van der Waals surface area (Å²) in [5.41, 5.74) is 1.81. The molecule has 8 heteroatoms. The van der Waals surface area contributed by atoms with E-state index in [9.17, 15) is 9.59 Å². The number of ether oxygens (including phenoxy) is 2. The molecule has 1 aromatic carbocycles. The lowest BCUT2D eigenvalue weighted by Crippen LogP contribution is -2.39. The molecule has 0 bridgehead atoms. The number of thiophene rings is 1. The van der Waals surface area contributed by atoms with Crippen LogP contribution in [-0.2, 0) is 11.3 Å². The van der Waals surface area contributed by atoms with E-state index in [1.165, 1.54) is 0 Å². The highest BCUT2D eigenvalue weighted by molar-refractivity contribution is 7.07. The number of fused-ring (bicyclic) bond motifs is 1. The minimum Gasteiger partial charge on any atom is -0.486 e. The van der Waals surface area contributed by atoms with Crippen molar-refractivity contribution in [1.82, 2.24) is 10.2 Å². The molecule has 7 nitrogen and oxygen atoms in total. The second-order valence-electron chi connectivity index (χ2n) is 6.09. The van der Waals surface area contributed by atoms with Crippen LogP contribution in [-0.4, -0.2) is 49.7 Å². The summed E-state index contributed by atoms with van der Waals surface area (Å²) in [6, 6.07) is 7.26. The van der Waals surface area contributed by atoms with Crippen LogP contribution in [0.4, 0.5) is 10.5 Å². The molecule has 0 saturated carbocycles. The number of benzene rings is 1. The van der Waals surface area contributed by atoms with Gasteiger partial charge in [-0.3, -0.25) is 9.69 Å². The molecule has 0 atom stereocenters. The zero-order valence-corrected chi connectivity index (χ0v) is 15.0. The van der Waals surface area contributed by atoms with Gasteiger partial charge >= 0.3 is 6.03 Å². The number of hydrogen-bond acceptors (Lipinski definition) is 5. The molecule has 1 aromatic heterocycles. The fourth-order valence-electron chi connectivity index (χ4n) is 2.99. The molecule has 2 aliphatic rings. The summed E-state index contributed by atoms with van der Waals surface area (Å²) in [6.07, 6.45) is 0. The van der Waals surface area contributed by atoms with Gasteiger partial charge in [0.2, 0.25) is 5.91 Å². The van der Waals surface area contributed by atoms with Gasteiger partial charge in [0.05, 0.1) is 0 Å². The van der Waals surface area contributed by atoms with Crippen molar-refractivity contribution >= 4 is 29.0 Å². The molecule has 0 spiro atoms. The van der Waals surface area contributed by atoms with Crippen LogP contribution < -0.4 is 19.7 Å². The van der Waals surface area contributed by atoms with E-state index in [2.05, 4.69) is 5.32 Å². The average molecular weight is 373 g/mol. The molecule has 3 heterocycles. The van der Waals surface area contributed by atoms with Gasteiger partial charge in [-0.05, 0) is 34.5 Å². The number of nitrogens with one attached hydrogen (secondary N) is 1. The van der Waals surface area contributed by atoms with Crippen molar-refractivity contribution in [2.45, 2.75) is 6.54 Å². The molecule has 4 rings (SSSR count). The SMILES string of the molecule is O=C(CN1CCN(c2ccc3c(c2)OCCO3)C1=O)NCc1ccsc1. The first-order valence-corrected chi connectivity index (χ1v) is 9.39. The molecular weight excluding hydrogens is 354 g/mol. The Bertz CT molecular complexity index is 809. The van der Waals surface area contributed by atoms with Gasteiger partial charge in [0.25, 0.3) is 0 Å². The summed E-state index contributed by atoms with van der Waals surface area (Å²) in [6.45, 7) is 2.62. The van der Waals surface area contributed by atoms with Crippen molar-refractivity contribution in [3.8, 4) is 11.5 Å². The van der Waals surface area contributed by atoms with Crippen LogP contribution in [0, 0.1) is 0 Å². The predicted octanol–water partition coefficient (Wildman–Crippen LogP) is 2.08. The zero-order valence-electron chi connectivity index (χ0n) is 14.1. The fourth-order valence-corrected chi connectivity index (χ4v) is 3.66. The standard InChI is InChI=1S/C18H19N3O4S/c22-17(19-10-13-3-8-26-12-13)11-20-4-5-21(18(20)23)14-1-2-15-16(9-14)25-7-6-24-15/h1-3,8-9,12H,4-7,10-11H2,(H,19,22). The molecule has 2 aromatic rings. The number of urea groups is 1. The summed E-state index contributed by atoms with van der Waals surface area (Å²) in [5.74, 6) is 1.18. The zero-order chi connectivity index (χ0) is 17.9. The van der Waals surface area contributed by atoms with E-state index in [0.717, 1.165) is 11.3 Å². The number of carbonyl (C=O) groups excluding carboxylic acids is 2. The van der Waals surface area contributed by atoms with E-state index in [1.807, 2.05) is 35.0 Å². The molecule has 1 N–H and O–H groups in total. The molecule has 0 unspecified atom stereocenters. The molecular formula is C18H19N3O4S.